The van der Waals surface area contributed by atoms with Crippen LogP contribution in [0.25, 0.3) is 0 Å². The van der Waals surface area contributed by atoms with E-state index in [2.05, 4.69) is 44.3 Å². The van der Waals surface area contributed by atoms with E-state index in [4.69, 9.17) is 23.2 Å². The molecule has 1 atom stereocenters. The number of aryl methyl sites for hydroxylation is 2. The summed E-state index contributed by atoms with van der Waals surface area (Å²) in [6.07, 6.45) is 0. The molecule has 0 saturated carbocycles. The van der Waals surface area contributed by atoms with Crippen LogP contribution < -0.4 is 5.32 Å². The topological polar surface area (TPSA) is 12.0 Å². The van der Waals surface area contributed by atoms with Crippen LogP contribution in [-0.2, 0) is 0 Å². The largest absolute Gasteiger partial charge is 0.306 e. The maximum Gasteiger partial charge on any atom is 0.0606 e. The van der Waals surface area contributed by atoms with Gasteiger partial charge in [-0.3, -0.25) is 0 Å². The maximum absolute atomic E-state index is 6.37. The van der Waals surface area contributed by atoms with Gasteiger partial charge < -0.3 is 5.32 Å². The minimum atomic E-state index is 0.0137. The number of halogens is 2. The molecule has 0 spiro atoms. The van der Waals surface area contributed by atoms with Crippen molar-refractivity contribution in [3.8, 4) is 0 Å². The Morgan fingerprint density at radius 3 is 2.05 bits per heavy atom. The normalized spacial score (nSPS) is 12.4. The van der Waals surface area contributed by atoms with E-state index in [-0.39, 0.29) is 6.04 Å². The molecule has 0 saturated heterocycles. The Balaban J connectivity index is 2.56. The summed E-state index contributed by atoms with van der Waals surface area (Å²) in [6.45, 7) is 7.14. The summed E-state index contributed by atoms with van der Waals surface area (Å²) in [5, 5.41) is 4.88. The molecule has 0 aliphatic rings. The fraction of sp³-hybridized carbons (Fsp3) is 0.294. The highest BCUT2D eigenvalue weighted by Crippen LogP contribution is 2.34. The van der Waals surface area contributed by atoms with Crippen LogP contribution in [-0.4, -0.2) is 6.54 Å². The molecule has 2 rings (SSSR count). The second-order valence-electron chi connectivity index (χ2n) is 5.05. The molecule has 0 amide bonds. The maximum atomic E-state index is 6.37. The van der Waals surface area contributed by atoms with E-state index >= 15 is 0 Å². The third-order valence-corrected chi connectivity index (χ3v) is 3.93. The minimum Gasteiger partial charge on any atom is -0.306 e. The van der Waals surface area contributed by atoms with Crippen LogP contribution in [0.2, 0.25) is 10.0 Å². The van der Waals surface area contributed by atoms with Crippen LogP contribution >= 0.6 is 23.2 Å². The second kappa shape index (κ2) is 6.62. The van der Waals surface area contributed by atoms with Gasteiger partial charge in [-0.1, -0.05) is 65.5 Å². The summed E-state index contributed by atoms with van der Waals surface area (Å²) in [4.78, 5) is 0. The average molecular weight is 308 g/mol. The fourth-order valence-electron chi connectivity index (χ4n) is 2.55. The third kappa shape index (κ3) is 3.35. The van der Waals surface area contributed by atoms with Crippen molar-refractivity contribution < 1.29 is 0 Å². The van der Waals surface area contributed by atoms with Gasteiger partial charge in [-0.25, -0.2) is 0 Å². The zero-order valence-corrected chi connectivity index (χ0v) is 13.5. The van der Waals surface area contributed by atoms with Crippen molar-refractivity contribution in [3.63, 3.8) is 0 Å². The van der Waals surface area contributed by atoms with E-state index in [9.17, 15) is 0 Å². The first-order valence-corrected chi connectivity index (χ1v) is 7.54. The second-order valence-corrected chi connectivity index (χ2v) is 5.86. The predicted octanol–water partition coefficient (Wildman–Crippen LogP) is 5.31. The number of hydrogen-bond donors (Lipinski definition) is 1. The lowest BCUT2D eigenvalue weighted by Gasteiger charge is -2.22. The van der Waals surface area contributed by atoms with Crippen LogP contribution in [0.5, 0.6) is 0 Å². The van der Waals surface area contributed by atoms with Crippen LogP contribution in [0.3, 0.4) is 0 Å². The molecule has 0 aliphatic carbocycles. The van der Waals surface area contributed by atoms with Gasteiger partial charge in [0.05, 0.1) is 6.04 Å². The Hall–Kier alpha value is -1.02. The van der Waals surface area contributed by atoms with Crippen molar-refractivity contribution in [2.75, 3.05) is 6.54 Å². The van der Waals surface area contributed by atoms with E-state index < -0.39 is 0 Å². The smallest absolute Gasteiger partial charge is 0.0606 e. The van der Waals surface area contributed by atoms with Crippen LogP contribution in [0, 0.1) is 13.8 Å². The molecule has 2 aromatic rings. The van der Waals surface area contributed by atoms with Crippen molar-refractivity contribution >= 4 is 23.2 Å². The Morgan fingerprint density at radius 2 is 1.55 bits per heavy atom. The summed E-state index contributed by atoms with van der Waals surface area (Å²) in [5.74, 6) is 0. The lowest BCUT2D eigenvalue weighted by atomic mass is 9.95. The molecule has 2 aromatic carbocycles. The van der Waals surface area contributed by atoms with Crippen molar-refractivity contribution in [2.24, 2.45) is 0 Å². The van der Waals surface area contributed by atoms with Gasteiger partial charge >= 0.3 is 0 Å². The van der Waals surface area contributed by atoms with Gasteiger partial charge in [0.25, 0.3) is 0 Å². The zero-order valence-electron chi connectivity index (χ0n) is 12.0. The van der Waals surface area contributed by atoms with Gasteiger partial charge in [-0.05, 0) is 38.1 Å². The van der Waals surface area contributed by atoms with E-state index in [1.54, 1.807) is 0 Å². The quantitative estimate of drug-likeness (QED) is 0.807. The Bertz CT molecular complexity index is 567. The molecule has 3 heteroatoms. The Labute approximate surface area is 130 Å². The highest BCUT2D eigenvalue weighted by Gasteiger charge is 2.19. The van der Waals surface area contributed by atoms with E-state index in [0.29, 0.717) is 10.0 Å². The number of nitrogens with one attached hydrogen (secondary N) is 1. The van der Waals surface area contributed by atoms with Gasteiger partial charge in [0, 0.05) is 15.6 Å². The molecule has 1 unspecified atom stereocenters. The first-order valence-electron chi connectivity index (χ1n) is 6.78. The summed E-state index contributed by atoms with van der Waals surface area (Å²) < 4.78 is 0. The molecule has 0 aliphatic heterocycles. The van der Waals surface area contributed by atoms with Crippen molar-refractivity contribution in [1.29, 1.82) is 0 Å². The molecule has 0 aromatic heterocycles. The molecule has 106 valence electrons. The zero-order chi connectivity index (χ0) is 14.7. The van der Waals surface area contributed by atoms with E-state index in [0.717, 1.165) is 12.1 Å². The highest BCUT2D eigenvalue weighted by molar-refractivity contribution is 6.36. The summed E-state index contributed by atoms with van der Waals surface area (Å²) >= 11 is 12.7. The van der Waals surface area contributed by atoms with Gasteiger partial charge in [0.15, 0.2) is 0 Å². The number of rotatable bonds is 4. The molecule has 20 heavy (non-hydrogen) atoms. The summed E-state index contributed by atoms with van der Waals surface area (Å²) in [5.41, 5.74) is 4.62. The first kappa shape index (κ1) is 15.4. The summed E-state index contributed by atoms with van der Waals surface area (Å²) in [6, 6.07) is 12.2. The van der Waals surface area contributed by atoms with Crippen LogP contribution in [0.1, 0.15) is 35.2 Å². The molecule has 0 fully saturated rings. The molecule has 1 N–H and O–H groups in total. The van der Waals surface area contributed by atoms with Crippen LogP contribution in [0.4, 0.5) is 0 Å². The molecular formula is C17H19Cl2N. The summed E-state index contributed by atoms with van der Waals surface area (Å²) in [7, 11) is 0. The molecule has 0 radical (unpaired) electrons. The lowest BCUT2D eigenvalue weighted by molar-refractivity contribution is 0.630. The number of benzene rings is 2. The lowest BCUT2D eigenvalue weighted by Crippen LogP contribution is -2.23. The number of hydrogen-bond acceptors (Lipinski definition) is 1. The highest BCUT2D eigenvalue weighted by atomic mass is 35.5. The first-order chi connectivity index (χ1) is 9.52. The Morgan fingerprint density at radius 1 is 1.00 bits per heavy atom. The average Bonchev–Trinajstić information content (AvgIpc) is 2.36. The monoisotopic (exact) mass is 307 g/mol. The SMILES string of the molecule is CCNC(c1cc(C)cc(C)c1)c1c(Cl)cccc1Cl. The standard InChI is InChI=1S/C17H19Cl2N/c1-4-20-17(13-9-11(2)8-12(3)10-13)16-14(18)6-5-7-15(16)19/h5-10,17,20H,4H2,1-3H3. The fourth-order valence-corrected chi connectivity index (χ4v) is 3.17. The molecular weight excluding hydrogens is 289 g/mol. The van der Waals surface area contributed by atoms with E-state index in [1.807, 2.05) is 18.2 Å². The third-order valence-electron chi connectivity index (χ3n) is 3.27. The van der Waals surface area contributed by atoms with E-state index in [1.165, 1.54) is 16.7 Å². The van der Waals surface area contributed by atoms with Crippen molar-refractivity contribution in [3.05, 3.63) is 68.7 Å². The molecule has 0 heterocycles. The van der Waals surface area contributed by atoms with Crippen LogP contribution in [0.15, 0.2) is 36.4 Å². The predicted molar refractivity (Wildman–Crippen MR) is 87.9 cm³/mol. The Kier molecular flexibility index (Phi) is 5.09. The van der Waals surface area contributed by atoms with Gasteiger partial charge in [-0.15, -0.1) is 0 Å². The van der Waals surface area contributed by atoms with Gasteiger partial charge in [0.1, 0.15) is 0 Å². The molecule has 1 nitrogen and oxygen atoms in total. The van der Waals surface area contributed by atoms with Crippen molar-refractivity contribution in [2.45, 2.75) is 26.8 Å². The van der Waals surface area contributed by atoms with Crippen molar-refractivity contribution in [1.82, 2.24) is 5.32 Å². The van der Waals surface area contributed by atoms with Gasteiger partial charge in [-0.2, -0.15) is 0 Å². The van der Waals surface area contributed by atoms with Gasteiger partial charge in [0.2, 0.25) is 0 Å². The minimum absolute atomic E-state index is 0.0137. The molecule has 0 bridgehead atoms.